The highest BCUT2D eigenvalue weighted by Gasteiger charge is 2.01. The van der Waals surface area contributed by atoms with Crippen LogP contribution < -0.4 is 10.1 Å². The van der Waals surface area contributed by atoms with Crippen molar-refractivity contribution in [2.75, 3.05) is 6.54 Å². The second kappa shape index (κ2) is 7.33. The number of hydrogen-bond donors (Lipinski definition) is 1. The number of ether oxygens (including phenoxy) is 1. The largest absolute Gasteiger partial charge is 0.491 e. The lowest BCUT2D eigenvalue weighted by molar-refractivity contribution is 0.242. The monoisotopic (exact) mass is 235 g/mol. The van der Waals surface area contributed by atoms with Crippen LogP contribution in [0.15, 0.2) is 24.3 Å². The summed E-state index contributed by atoms with van der Waals surface area (Å²) in [7, 11) is 0. The van der Waals surface area contributed by atoms with E-state index in [0.717, 1.165) is 24.8 Å². The Morgan fingerprint density at radius 2 is 2.00 bits per heavy atom. The van der Waals surface area contributed by atoms with Gasteiger partial charge < -0.3 is 10.1 Å². The maximum atomic E-state index is 5.68. The van der Waals surface area contributed by atoms with E-state index >= 15 is 0 Å². The third-order valence-electron chi connectivity index (χ3n) is 2.79. The average Bonchev–Trinajstić information content (AvgIpc) is 2.28. The topological polar surface area (TPSA) is 21.3 Å². The van der Waals surface area contributed by atoms with Crippen LogP contribution >= 0.6 is 0 Å². The average molecular weight is 235 g/mol. The van der Waals surface area contributed by atoms with E-state index in [1.807, 2.05) is 19.9 Å². The van der Waals surface area contributed by atoms with Crippen molar-refractivity contribution in [3.63, 3.8) is 0 Å². The minimum Gasteiger partial charge on any atom is -0.491 e. The summed E-state index contributed by atoms with van der Waals surface area (Å²) in [5.41, 5.74) is 1.28. The highest BCUT2D eigenvalue weighted by molar-refractivity contribution is 5.28. The third kappa shape index (κ3) is 5.73. The molecular formula is C15H25NO. The quantitative estimate of drug-likeness (QED) is 0.779. The van der Waals surface area contributed by atoms with Gasteiger partial charge >= 0.3 is 0 Å². The molecule has 0 saturated carbocycles. The lowest BCUT2D eigenvalue weighted by atomic mass is 10.1. The molecule has 1 unspecified atom stereocenters. The first-order valence-electron chi connectivity index (χ1n) is 6.58. The Morgan fingerprint density at radius 1 is 1.24 bits per heavy atom. The summed E-state index contributed by atoms with van der Waals surface area (Å²) in [6, 6.07) is 8.32. The standard InChI is InChI=1S/C15H25NO/c1-5-13(4)10-16-11-14-7-6-8-15(9-14)17-12(2)3/h6-9,12-13,16H,5,10-11H2,1-4H3. The molecule has 17 heavy (non-hydrogen) atoms. The zero-order chi connectivity index (χ0) is 12.7. The van der Waals surface area contributed by atoms with E-state index in [1.165, 1.54) is 12.0 Å². The Balaban J connectivity index is 2.43. The van der Waals surface area contributed by atoms with Gasteiger partial charge in [-0.25, -0.2) is 0 Å². The second-order valence-electron chi connectivity index (χ2n) is 4.96. The summed E-state index contributed by atoms with van der Waals surface area (Å²) in [5, 5.41) is 3.48. The number of nitrogens with one attached hydrogen (secondary N) is 1. The Hall–Kier alpha value is -1.02. The molecule has 0 aliphatic heterocycles. The molecule has 1 aromatic rings. The van der Waals surface area contributed by atoms with Gasteiger partial charge in [-0.05, 0) is 44.0 Å². The van der Waals surface area contributed by atoms with Crippen molar-refractivity contribution in [2.24, 2.45) is 5.92 Å². The molecule has 0 heterocycles. The molecule has 0 radical (unpaired) electrons. The zero-order valence-corrected chi connectivity index (χ0v) is 11.5. The molecule has 0 saturated heterocycles. The molecule has 1 rings (SSSR count). The van der Waals surface area contributed by atoms with Gasteiger partial charge in [0.25, 0.3) is 0 Å². The zero-order valence-electron chi connectivity index (χ0n) is 11.5. The molecule has 1 aromatic carbocycles. The minimum atomic E-state index is 0.235. The van der Waals surface area contributed by atoms with Crippen molar-refractivity contribution < 1.29 is 4.74 Å². The van der Waals surface area contributed by atoms with E-state index in [-0.39, 0.29) is 6.10 Å². The van der Waals surface area contributed by atoms with Crippen LogP contribution in [0.4, 0.5) is 0 Å². The molecule has 1 N–H and O–H groups in total. The first-order valence-corrected chi connectivity index (χ1v) is 6.58. The van der Waals surface area contributed by atoms with E-state index in [1.54, 1.807) is 0 Å². The van der Waals surface area contributed by atoms with Gasteiger partial charge in [-0.15, -0.1) is 0 Å². The first kappa shape index (κ1) is 14.0. The van der Waals surface area contributed by atoms with Crippen molar-refractivity contribution in [3.8, 4) is 5.75 Å². The summed E-state index contributed by atoms with van der Waals surface area (Å²) < 4.78 is 5.68. The van der Waals surface area contributed by atoms with Gasteiger partial charge in [0.2, 0.25) is 0 Å². The Morgan fingerprint density at radius 3 is 2.65 bits per heavy atom. The molecule has 1 atom stereocenters. The fourth-order valence-electron chi connectivity index (χ4n) is 1.61. The summed E-state index contributed by atoms with van der Waals surface area (Å²) >= 11 is 0. The van der Waals surface area contributed by atoms with Gasteiger partial charge in [0.15, 0.2) is 0 Å². The van der Waals surface area contributed by atoms with E-state index in [9.17, 15) is 0 Å². The van der Waals surface area contributed by atoms with Gasteiger partial charge in [-0.1, -0.05) is 32.4 Å². The molecule has 96 valence electrons. The highest BCUT2D eigenvalue weighted by Crippen LogP contribution is 2.14. The number of rotatable bonds is 7. The lowest BCUT2D eigenvalue weighted by Gasteiger charge is -2.12. The van der Waals surface area contributed by atoms with Crippen LogP contribution in [-0.2, 0) is 6.54 Å². The maximum Gasteiger partial charge on any atom is 0.120 e. The number of benzene rings is 1. The van der Waals surface area contributed by atoms with Crippen molar-refractivity contribution in [3.05, 3.63) is 29.8 Å². The van der Waals surface area contributed by atoms with E-state index in [4.69, 9.17) is 4.74 Å². The van der Waals surface area contributed by atoms with Crippen molar-refractivity contribution in [1.82, 2.24) is 5.32 Å². The van der Waals surface area contributed by atoms with Crippen LogP contribution in [-0.4, -0.2) is 12.6 Å². The summed E-state index contributed by atoms with van der Waals surface area (Å²) in [5.74, 6) is 1.70. The molecule has 0 bridgehead atoms. The second-order valence-corrected chi connectivity index (χ2v) is 4.96. The fourth-order valence-corrected chi connectivity index (χ4v) is 1.61. The van der Waals surface area contributed by atoms with Gasteiger partial charge in [-0.2, -0.15) is 0 Å². The first-order chi connectivity index (χ1) is 8.11. The van der Waals surface area contributed by atoms with Gasteiger partial charge in [-0.3, -0.25) is 0 Å². The Kier molecular flexibility index (Phi) is 6.06. The molecule has 0 aliphatic rings. The van der Waals surface area contributed by atoms with Gasteiger partial charge in [0.05, 0.1) is 6.10 Å². The Labute approximate surface area is 105 Å². The molecule has 0 amide bonds. The van der Waals surface area contributed by atoms with Crippen LogP contribution in [0.5, 0.6) is 5.75 Å². The summed E-state index contributed by atoms with van der Waals surface area (Å²) in [4.78, 5) is 0. The van der Waals surface area contributed by atoms with Crippen molar-refractivity contribution in [1.29, 1.82) is 0 Å². The fraction of sp³-hybridized carbons (Fsp3) is 0.600. The van der Waals surface area contributed by atoms with Crippen molar-refractivity contribution in [2.45, 2.75) is 46.8 Å². The Bertz CT molecular complexity index is 322. The molecular weight excluding hydrogens is 210 g/mol. The molecule has 0 aliphatic carbocycles. The predicted molar refractivity (Wildman–Crippen MR) is 73.4 cm³/mol. The smallest absolute Gasteiger partial charge is 0.120 e. The van der Waals surface area contributed by atoms with Crippen LogP contribution in [0.1, 0.15) is 39.7 Å². The van der Waals surface area contributed by atoms with E-state index in [2.05, 4.69) is 37.4 Å². The summed E-state index contributed by atoms with van der Waals surface area (Å²) in [6.07, 6.45) is 1.46. The van der Waals surface area contributed by atoms with Crippen LogP contribution in [0.2, 0.25) is 0 Å². The lowest BCUT2D eigenvalue weighted by Crippen LogP contribution is -2.20. The van der Waals surface area contributed by atoms with Crippen LogP contribution in [0.25, 0.3) is 0 Å². The molecule has 0 spiro atoms. The molecule has 0 fully saturated rings. The maximum absolute atomic E-state index is 5.68. The van der Waals surface area contributed by atoms with Crippen LogP contribution in [0.3, 0.4) is 0 Å². The SMILES string of the molecule is CCC(C)CNCc1cccc(OC(C)C)c1. The van der Waals surface area contributed by atoms with E-state index < -0.39 is 0 Å². The molecule has 2 nitrogen and oxygen atoms in total. The number of hydrogen-bond acceptors (Lipinski definition) is 2. The third-order valence-corrected chi connectivity index (χ3v) is 2.79. The van der Waals surface area contributed by atoms with Crippen LogP contribution in [0, 0.1) is 5.92 Å². The molecule has 2 heteroatoms. The highest BCUT2D eigenvalue weighted by atomic mass is 16.5. The predicted octanol–water partition coefficient (Wildman–Crippen LogP) is 3.61. The van der Waals surface area contributed by atoms with Gasteiger partial charge in [0.1, 0.15) is 5.75 Å². The van der Waals surface area contributed by atoms with Crippen molar-refractivity contribution >= 4 is 0 Å². The molecule has 0 aromatic heterocycles. The van der Waals surface area contributed by atoms with E-state index in [0.29, 0.717) is 0 Å². The normalized spacial score (nSPS) is 12.8. The van der Waals surface area contributed by atoms with Gasteiger partial charge in [0, 0.05) is 6.54 Å². The minimum absolute atomic E-state index is 0.235. The summed E-state index contributed by atoms with van der Waals surface area (Å²) in [6.45, 7) is 10.6.